The molecule has 3 aromatic carbocycles. The van der Waals surface area contributed by atoms with Gasteiger partial charge in [0, 0.05) is 30.4 Å². The molecule has 0 saturated heterocycles. The number of nitrogens with two attached hydrogens (primary N) is 3. The van der Waals surface area contributed by atoms with E-state index >= 15 is 0 Å². The van der Waals surface area contributed by atoms with Crippen LogP contribution in [0.1, 0.15) is 17.7 Å². The molecular weight excluding hydrogens is 532 g/mol. The molecule has 210 valence electrons. The lowest BCUT2D eigenvalue weighted by atomic mass is 10.1. The molecule has 0 aliphatic heterocycles. The maximum atomic E-state index is 12.8. The number of anilines is 4. The van der Waals surface area contributed by atoms with Gasteiger partial charge in [0.05, 0.1) is 36.3 Å². The van der Waals surface area contributed by atoms with Crippen LogP contribution in [0.5, 0.6) is 17.2 Å². The van der Waals surface area contributed by atoms with Gasteiger partial charge in [0.15, 0.2) is 11.5 Å². The van der Waals surface area contributed by atoms with Gasteiger partial charge in [0.1, 0.15) is 5.82 Å². The highest BCUT2D eigenvalue weighted by atomic mass is 32.2. The van der Waals surface area contributed by atoms with E-state index in [9.17, 15) is 8.42 Å². The number of methoxy groups -OCH3 is 2. The van der Waals surface area contributed by atoms with Crippen LogP contribution in [0.15, 0.2) is 76.5 Å². The second-order valence-corrected chi connectivity index (χ2v) is 10.8. The fourth-order valence-electron chi connectivity index (χ4n) is 4.03. The molecule has 11 nitrogen and oxygen atoms in total. The first-order valence-electron chi connectivity index (χ1n) is 12.4. The summed E-state index contributed by atoms with van der Waals surface area (Å²) in [7, 11) is -0.494. The highest BCUT2D eigenvalue weighted by molar-refractivity contribution is 7.91. The second-order valence-electron chi connectivity index (χ2n) is 8.87. The van der Waals surface area contributed by atoms with Crippen molar-refractivity contribution in [3.05, 3.63) is 78.0 Å². The van der Waals surface area contributed by atoms with Gasteiger partial charge in [-0.2, -0.15) is 4.98 Å². The van der Waals surface area contributed by atoms with E-state index in [1.54, 1.807) is 56.7 Å². The number of nitrogens with one attached hydrogen (secondary N) is 1. The zero-order chi connectivity index (χ0) is 28.7. The largest absolute Gasteiger partial charge is 0.493 e. The second kappa shape index (κ2) is 12.4. The van der Waals surface area contributed by atoms with Crippen molar-refractivity contribution in [2.45, 2.75) is 22.6 Å². The predicted octanol–water partition coefficient (Wildman–Crippen LogP) is 3.55. The molecule has 0 aliphatic rings. The Balaban J connectivity index is 1.33. The molecule has 40 heavy (non-hydrogen) atoms. The van der Waals surface area contributed by atoms with E-state index in [0.29, 0.717) is 60.4 Å². The third kappa shape index (κ3) is 6.83. The third-order valence-electron chi connectivity index (χ3n) is 5.97. The summed E-state index contributed by atoms with van der Waals surface area (Å²) < 4.78 is 42.8. The van der Waals surface area contributed by atoms with Gasteiger partial charge in [0.2, 0.25) is 21.5 Å². The van der Waals surface area contributed by atoms with Crippen LogP contribution in [0.3, 0.4) is 0 Å². The van der Waals surface area contributed by atoms with Gasteiger partial charge in [-0.05, 0) is 72.6 Å². The highest BCUT2D eigenvalue weighted by Crippen LogP contribution is 2.39. The highest BCUT2D eigenvalue weighted by Gasteiger charge is 2.18. The first-order chi connectivity index (χ1) is 19.2. The molecule has 0 atom stereocenters. The van der Waals surface area contributed by atoms with E-state index < -0.39 is 9.84 Å². The summed E-state index contributed by atoms with van der Waals surface area (Å²) in [5, 5.41) is 3.27. The van der Waals surface area contributed by atoms with Gasteiger partial charge >= 0.3 is 0 Å². The Hall–Kier alpha value is -4.71. The molecule has 4 rings (SSSR count). The van der Waals surface area contributed by atoms with E-state index in [2.05, 4.69) is 15.3 Å². The zero-order valence-electron chi connectivity index (χ0n) is 22.3. The minimum atomic E-state index is -3.61. The molecule has 4 aromatic rings. The van der Waals surface area contributed by atoms with Gasteiger partial charge in [-0.1, -0.05) is 0 Å². The molecule has 0 saturated carbocycles. The molecule has 1 aromatic heterocycles. The number of sulfone groups is 1. The van der Waals surface area contributed by atoms with Crippen molar-refractivity contribution >= 4 is 33.0 Å². The topological polar surface area (TPSA) is 178 Å². The summed E-state index contributed by atoms with van der Waals surface area (Å²) in [6.45, 7) is 0.991. The standard InChI is InChI=1S/C28H32N6O5S/c1-37-24-15-18(14-21-17-26(30)34-28(31)33-21)16-25(38-2)27(24)39-13-3-12-32-20-6-10-23(11-7-20)40(35,36)22-8-4-19(29)5-9-22/h4-11,15-17,32H,3,12-14,29H2,1-2H3,(H4,30,31,33,34). The SMILES string of the molecule is COc1cc(Cc2cc(N)nc(N)n2)cc(OC)c1OCCCNc1ccc(S(=O)(=O)c2ccc(N)cc2)cc1. The molecule has 0 amide bonds. The molecule has 7 N–H and O–H groups in total. The van der Waals surface area contributed by atoms with Crippen molar-refractivity contribution in [1.82, 2.24) is 9.97 Å². The summed E-state index contributed by atoms with van der Waals surface area (Å²) in [6.07, 6.45) is 1.12. The van der Waals surface area contributed by atoms with E-state index in [-0.39, 0.29) is 15.7 Å². The Morgan fingerprint density at radius 2 is 1.43 bits per heavy atom. The summed E-state index contributed by atoms with van der Waals surface area (Å²) in [5.74, 6) is 1.95. The van der Waals surface area contributed by atoms with Gasteiger partial charge < -0.3 is 36.7 Å². The fraction of sp³-hybridized carbons (Fsp3) is 0.214. The van der Waals surface area contributed by atoms with Crippen molar-refractivity contribution < 1.29 is 22.6 Å². The molecule has 0 spiro atoms. The van der Waals surface area contributed by atoms with Gasteiger partial charge in [-0.15, -0.1) is 0 Å². The van der Waals surface area contributed by atoms with Gasteiger partial charge in [-0.25, -0.2) is 13.4 Å². The first-order valence-corrected chi connectivity index (χ1v) is 13.9. The van der Waals surface area contributed by atoms with E-state index in [4.69, 9.17) is 31.4 Å². The number of ether oxygens (including phenoxy) is 3. The molecule has 0 fully saturated rings. The molecule has 0 aliphatic carbocycles. The zero-order valence-corrected chi connectivity index (χ0v) is 23.1. The molecule has 1 heterocycles. The number of hydrogen-bond donors (Lipinski definition) is 4. The van der Waals surface area contributed by atoms with Crippen LogP contribution >= 0.6 is 0 Å². The van der Waals surface area contributed by atoms with Crippen LogP contribution in [0, 0.1) is 0 Å². The predicted molar refractivity (Wildman–Crippen MR) is 155 cm³/mol. The molecule has 0 radical (unpaired) electrons. The number of benzene rings is 3. The average molecular weight is 565 g/mol. The van der Waals surface area contributed by atoms with Crippen molar-refractivity contribution in [1.29, 1.82) is 0 Å². The van der Waals surface area contributed by atoms with Crippen LogP contribution in [0.25, 0.3) is 0 Å². The lowest BCUT2D eigenvalue weighted by Crippen LogP contribution is -2.09. The van der Waals surface area contributed by atoms with E-state index in [1.807, 2.05) is 12.1 Å². The average Bonchev–Trinajstić information content (AvgIpc) is 2.93. The number of nitrogens with zero attached hydrogens (tertiary/aromatic N) is 2. The summed E-state index contributed by atoms with van der Waals surface area (Å²) in [6, 6.07) is 18.1. The fourth-order valence-corrected chi connectivity index (χ4v) is 5.29. The summed E-state index contributed by atoms with van der Waals surface area (Å²) >= 11 is 0. The third-order valence-corrected chi connectivity index (χ3v) is 7.76. The number of hydrogen-bond acceptors (Lipinski definition) is 11. The Kier molecular flexibility index (Phi) is 8.80. The smallest absolute Gasteiger partial charge is 0.222 e. The normalized spacial score (nSPS) is 11.2. The Bertz CT molecular complexity index is 1520. The Morgan fingerprint density at radius 1 is 0.825 bits per heavy atom. The van der Waals surface area contributed by atoms with Gasteiger partial charge in [0.25, 0.3) is 0 Å². The number of nitrogen functional groups attached to an aromatic ring is 3. The van der Waals surface area contributed by atoms with Crippen LogP contribution < -0.4 is 36.7 Å². The number of aromatic nitrogens is 2. The van der Waals surface area contributed by atoms with E-state index in [1.165, 1.54) is 12.1 Å². The van der Waals surface area contributed by atoms with Crippen molar-refractivity contribution in [3.63, 3.8) is 0 Å². The van der Waals surface area contributed by atoms with Crippen LogP contribution in [0.4, 0.5) is 23.1 Å². The minimum absolute atomic E-state index is 0.113. The molecular formula is C28H32N6O5S. The molecule has 0 unspecified atom stereocenters. The maximum Gasteiger partial charge on any atom is 0.222 e. The molecule has 12 heteroatoms. The Labute approximate surface area is 233 Å². The quantitative estimate of drug-likeness (QED) is 0.146. The van der Waals surface area contributed by atoms with Crippen molar-refractivity contribution in [2.75, 3.05) is 49.9 Å². The van der Waals surface area contributed by atoms with Crippen molar-refractivity contribution in [2.24, 2.45) is 0 Å². The molecule has 0 bridgehead atoms. The van der Waals surface area contributed by atoms with Crippen LogP contribution in [0.2, 0.25) is 0 Å². The number of rotatable bonds is 12. The minimum Gasteiger partial charge on any atom is -0.493 e. The van der Waals surface area contributed by atoms with Crippen LogP contribution in [-0.2, 0) is 16.3 Å². The lowest BCUT2D eigenvalue weighted by molar-refractivity contribution is 0.273. The maximum absolute atomic E-state index is 12.8. The van der Waals surface area contributed by atoms with Gasteiger partial charge in [-0.3, -0.25) is 0 Å². The lowest BCUT2D eigenvalue weighted by Gasteiger charge is -2.16. The van der Waals surface area contributed by atoms with Crippen LogP contribution in [-0.4, -0.2) is 45.8 Å². The van der Waals surface area contributed by atoms with E-state index in [0.717, 1.165) is 11.3 Å². The summed E-state index contributed by atoms with van der Waals surface area (Å²) in [4.78, 5) is 8.52. The van der Waals surface area contributed by atoms with Crippen molar-refractivity contribution in [3.8, 4) is 17.2 Å². The monoisotopic (exact) mass is 564 g/mol. The summed E-state index contributed by atoms with van der Waals surface area (Å²) in [5.41, 5.74) is 20.0. The Morgan fingerprint density at radius 3 is 2.00 bits per heavy atom. The first kappa shape index (κ1) is 28.3.